The summed E-state index contributed by atoms with van der Waals surface area (Å²) in [7, 11) is 0. The Kier molecular flexibility index (Phi) is 3.43. The summed E-state index contributed by atoms with van der Waals surface area (Å²) in [5, 5.41) is 0. The molecule has 1 saturated heterocycles. The smallest absolute Gasteiger partial charge is 0.123 e. The molecule has 1 aromatic carbocycles. The summed E-state index contributed by atoms with van der Waals surface area (Å²) in [5.74, 6) is 2.66. The third-order valence-electron chi connectivity index (χ3n) is 5.65. The number of aryl methyl sites for hydroxylation is 1. The predicted octanol–water partition coefficient (Wildman–Crippen LogP) is 2.36. The Hall–Kier alpha value is -1.06. The first-order valence-electron chi connectivity index (χ1n) is 8.43. The molecule has 0 aromatic heterocycles. The van der Waals surface area contributed by atoms with Crippen LogP contribution in [0, 0.1) is 18.8 Å². The van der Waals surface area contributed by atoms with Crippen LogP contribution in [-0.4, -0.2) is 36.7 Å². The second kappa shape index (κ2) is 5.29. The maximum absolute atomic E-state index is 6.32. The van der Waals surface area contributed by atoms with E-state index in [1.165, 1.54) is 43.5 Å². The van der Waals surface area contributed by atoms with Crippen LogP contribution in [0.5, 0.6) is 5.75 Å². The van der Waals surface area contributed by atoms with Gasteiger partial charge in [-0.15, -0.1) is 0 Å². The van der Waals surface area contributed by atoms with Gasteiger partial charge in [0.25, 0.3) is 0 Å². The number of hydrogen-bond acceptors (Lipinski definition) is 3. The molecule has 0 radical (unpaired) electrons. The molecule has 4 atom stereocenters. The van der Waals surface area contributed by atoms with E-state index >= 15 is 0 Å². The highest BCUT2D eigenvalue weighted by Crippen LogP contribution is 2.36. The van der Waals surface area contributed by atoms with Crippen LogP contribution in [0.3, 0.4) is 0 Å². The van der Waals surface area contributed by atoms with Crippen LogP contribution in [0.4, 0.5) is 0 Å². The highest BCUT2D eigenvalue weighted by Gasteiger charge is 2.39. The van der Waals surface area contributed by atoms with Crippen LogP contribution in [0.25, 0.3) is 0 Å². The van der Waals surface area contributed by atoms with Gasteiger partial charge in [0.15, 0.2) is 0 Å². The molecule has 1 aromatic rings. The van der Waals surface area contributed by atoms with Crippen molar-refractivity contribution in [2.24, 2.45) is 17.6 Å². The first-order valence-corrected chi connectivity index (χ1v) is 8.43. The van der Waals surface area contributed by atoms with Crippen molar-refractivity contribution in [3.8, 4) is 5.75 Å². The Bertz CT molecular complexity index is 530. The minimum atomic E-state index is 0.332. The molecule has 3 heteroatoms. The molecule has 1 saturated carbocycles. The maximum atomic E-state index is 6.32. The third kappa shape index (κ3) is 2.58. The fraction of sp³-hybridized carbons (Fsp3) is 0.667. The summed E-state index contributed by atoms with van der Waals surface area (Å²) in [4.78, 5) is 2.60. The molecule has 2 aliphatic heterocycles. The molecular weight excluding hydrogens is 260 g/mol. The summed E-state index contributed by atoms with van der Waals surface area (Å²) in [6.07, 6.45) is 5.31. The average molecular weight is 286 g/mol. The van der Waals surface area contributed by atoms with Crippen LogP contribution in [-0.2, 0) is 6.42 Å². The molecule has 2 N–H and O–H groups in total. The van der Waals surface area contributed by atoms with Crippen molar-refractivity contribution in [1.82, 2.24) is 4.90 Å². The monoisotopic (exact) mass is 286 g/mol. The number of rotatable bonds is 2. The summed E-state index contributed by atoms with van der Waals surface area (Å²) in [6, 6.07) is 6.97. The van der Waals surface area contributed by atoms with Crippen LogP contribution in [0.1, 0.15) is 30.4 Å². The third-order valence-corrected chi connectivity index (χ3v) is 5.65. The lowest BCUT2D eigenvalue weighted by molar-refractivity contribution is 0.163. The van der Waals surface area contributed by atoms with Crippen molar-refractivity contribution in [3.05, 3.63) is 29.3 Å². The van der Waals surface area contributed by atoms with Crippen molar-refractivity contribution >= 4 is 0 Å². The zero-order valence-corrected chi connectivity index (χ0v) is 12.9. The van der Waals surface area contributed by atoms with Gasteiger partial charge in [0.05, 0.1) is 0 Å². The Labute approximate surface area is 127 Å². The first-order chi connectivity index (χ1) is 10.2. The van der Waals surface area contributed by atoms with Crippen molar-refractivity contribution in [2.45, 2.75) is 44.8 Å². The fourth-order valence-electron chi connectivity index (χ4n) is 4.60. The zero-order chi connectivity index (χ0) is 14.4. The molecule has 3 nitrogen and oxygen atoms in total. The molecule has 1 aliphatic carbocycles. The number of fused-ring (bicyclic) bond motifs is 2. The quantitative estimate of drug-likeness (QED) is 0.907. The van der Waals surface area contributed by atoms with E-state index < -0.39 is 0 Å². The van der Waals surface area contributed by atoms with E-state index in [9.17, 15) is 0 Å². The van der Waals surface area contributed by atoms with Gasteiger partial charge in [-0.2, -0.15) is 0 Å². The molecule has 4 unspecified atom stereocenters. The van der Waals surface area contributed by atoms with E-state index in [0.717, 1.165) is 30.6 Å². The summed E-state index contributed by atoms with van der Waals surface area (Å²) in [5.41, 5.74) is 9.03. The number of nitrogens with zero attached hydrogens (tertiary/aromatic N) is 1. The Balaban J connectivity index is 1.38. The number of nitrogens with two attached hydrogens (primary N) is 1. The van der Waals surface area contributed by atoms with Crippen LogP contribution >= 0.6 is 0 Å². The van der Waals surface area contributed by atoms with Crippen LogP contribution in [0.15, 0.2) is 18.2 Å². The lowest BCUT2D eigenvalue weighted by atomic mass is 9.78. The molecule has 2 fully saturated rings. The van der Waals surface area contributed by atoms with Gasteiger partial charge in [-0.3, -0.25) is 4.90 Å². The van der Waals surface area contributed by atoms with E-state index in [4.69, 9.17) is 10.5 Å². The van der Waals surface area contributed by atoms with Gasteiger partial charge >= 0.3 is 0 Å². The zero-order valence-electron chi connectivity index (χ0n) is 12.9. The first kappa shape index (κ1) is 13.6. The molecule has 0 bridgehead atoms. The van der Waals surface area contributed by atoms with Gasteiger partial charge < -0.3 is 10.5 Å². The Morgan fingerprint density at radius 3 is 3.05 bits per heavy atom. The van der Waals surface area contributed by atoms with Gasteiger partial charge in [0.1, 0.15) is 11.9 Å². The van der Waals surface area contributed by atoms with Gasteiger partial charge in [-0.05, 0) is 43.2 Å². The minimum Gasteiger partial charge on any atom is -0.488 e. The van der Waals surface area contributed by atoms with E-state index in [0.29, 0.717) is 12.1 Å². The number of ether oxygens (including phenoxy) is 1. The lowest BCUT2D eigenvalue weighted by Gasteiger charge is -2.29. The van der Waals surface area contributed by atoms with Crippen LogP contribution < -0.4 is 10.5 Å². The van der Waals surface area contributed by atoms with Gasteiger partial charge in [0, 0.05) is 32.1 Å². The molecule has 0 spiro atoms. The lowest BCUT2D eigenvalue weighted by Crippen LogP contribution is -2.38. The van der Waals surface area contributed by atoms with E-state index in [2.05, 4.69) is 30.0 Å². The molecular formula is C18H26N2O. The fourth-order valence-corrected chi connectivity index (χ4v) is 4.60. The van der Waals surface area contributed by atoms with Crippen molar-refractivity contribution < 1.29 is 4.74 Å². The maximum Gasteiger partial charge on any atom is 0.123 e. The number of benzene rings is 1. The highest BCUT2D eigenvalue weighted by molar-refractivity contribution is 5.40. The van der Waals surface area contributed by atoms with E-state index in [1.807, 2.05) is 0 Å². The Morgan fingerprint density at radius 1 is 1.29 bits per heavy atom. The molecule has 4 rings (SSSR count). The minimum absolute atomic E-state index is 0.332. The number of likely N-dealkylation sites (tertiary alicyclic amines) is 1. The standard InChI is InChI=1S/C18H26N2O/c1-12-5-6-18-14(7-12)8-15(21-18)10-20-9-13-3-2-4-17(19)16(13)11-20/h5-7,13,15-17H,2-4,8-11,19H2,1H3. The molecule has 2 heterocycles. The van der Waals surface area contributed by atoms with Crippen molar-refractivity contribution in [2.75, 3.05) is 19.6 Å². The topological polar surface area (TPSA) is 38.5 Å². The highest BCUT2D eigenvalue weighted by atomic mass is 16.5. The Morgan fingerprint density at radius 2 is 2.19 bits per heavy atom. The van der Waals surface area contributed by atoms with Crippen molar-refractivity contribution in [3.63, 3.8) is 0 Å². The van der Waals surface area contributed by atoms with Crippen LogP contribution in [0.2, 0.25) is 0 Å². The largest absolute Gasteiger partial charge is 0.488 e. The second-order valence-corrected chi connectivity index (χ2v) is 7.29. The van der Waals surface area contributed by atoms with E-state index in [1.54, 1.807) is 0 Å². The summed E-state index contributed by atoms with van der Waals surface area (Å²) in [6.45, 7) is 5.63. The second-order valence-electron chi connectivity index (χ2n) is 7.29. The van der Waals surface area contributed by atoms with Crippen molar-refractivity contribution in [1.29, 1.82) is 0 Å². The normalized spacial score (nSPS) is 35.3. The summed E-state index contributed by atoms with van der Waals surface area (Å²) >= 11 is 0. The summed E-state index contributed by atoms with van der Waals surface area (Å²) < 4.78 is 6.13. The molecule has 114 valence electrons. The SMILES string of the molecule is Cc1ccc2c(c1)CC(CN1CC3CCCC(N)C3C1)O2. The van der Waals surface area contributed by atoms with Gasteiger partial charge in [0.2, 0.25) is 0 Å². The molecule has 0 amide bonds. The van der Waals surface area contributed by atoms with Gasteiger partial charge in [-0.25, -0.2) is 0 Å². The molecule has 3 aliphatic rings. The van der Waals surface area contributed by atoms with E-state index in [-0.39, 0.29) is 0 Å². The number of hydrogen-bond donors (Lipinski definition) is 1. The molecule has 21 heavy (non-hydrogen) atoms. The predicted molar refractivity (Wildman–Crippen MR) is 84.5 cm³/mol. The average Bonchev–Trinajstić information content (AvgIpc) is 3.02. The van der Waals surface area contributed by atoms with Gasteiger partial charge in [-0.1, -0.05) is 24.1 Å².